The summed E-state index contributed by atoms with van der Waals surface area (Å²) in [5, 5.41) is 3.30. The molecular formula is C17H30N2. The Morgan fingerprint density at radius 2 is 1.68 bits per heavy atom. The number of hydrogen-bond donors (Lipinski definition) is 1. The summed E-state index contributed by atoms with van der Waals surface area (Å²) < 4.78 is 0. The maximum Gasteiger partial charge on any atom is 0.0107 e. The summed E-state index contributed by atoms with van der Waals surface area (Å²) in [6.45, 7) is 5.20. The molecule has 1 saturated heterocycles. The van der Waals surface area contributed by atoms with Crippen LogP contribution in [0, 0.1) is 29.1 Å². The molecule has 0 amide bonds. The van der Waals surface area contributed by atoms with E-state index in [9.17, 15) is 0 Å². The molecule has 2 nitrogen and oxygen atoms in total. The van der Waals surface area contributed by atoms with Crippen molar-refractivity contribution in [1.82, 2.24) is 10.2 Å². The maximum absolute atomic E-state index is 3.30. The Balaban J connectivity index is 1.45. The van der Waals surface area contributed by atoms with Crippen molar-refractivity contribution in [3.8, 4) is 0 Å². The van der Waals surface area contributed by atoms with Crippen LogP contribution in [0.4, 0.5) is 0 Å². The summed E-state index contributed by atoms with van der Waals surface area (Å²) in [5.41, 5.74) is 0.795. The predicted octanol–water partition coefficient (Wildman–Crippen LogP) is 2.74. The third-order valence-electron chi connectivity index (χ3n) is 6.90. The predicted molar refractivity (Wildman–Crippen MR) is 79.1 cm³/mol. The van der Waals surface area contributed by atoms with Gasteiger partial charge in [-0.3, -0.25) is 0 Å². The fourth-order valence-electron chi connectivity index (χ4n) is 6.48. The Hall–Kier alpha value is -0.0800. The molecule has 1 N–H and O–H groups in total. The molecule has 4 saturated carbocycles. The van der Waals surface area contributed by atoms with Crippen LogP contribution in [0.3, 0.4) is 0 Å². The van der Waals surface area contributed by atoms with Gasteiger partial charge in [0, 0.05) is 19.6 Å². The SMILES string of the molecule is CNCCN1CCC(C23CC4CC(CC(C4)C2)C3)C1. The summed E-state index contributed by atoms with van der Waals surface area (Å²) in [6.07, 6.45) is 11.1. The molecule has 0 spiro atoms. The summed E-state index contributed by atoms with van der Waals surface area (Å²) >= 11 is 0. The molecule has 5 fully saturated rings. The van der Waals surface area contributed by atoms with E-state index in [0.29, 0.717) is 0 Å². The van der Waals surface area contributed by atoms with Gasteiger partial charge in [0.2, 0.25) is 0 Å². The van der Waals surface area contributed by atoms with Crippen molar-refractivity contribution in [1.29, 1.82) is 0 Å². The number of rotatable bonds is 4. The van der Waals surface area contributed by atoms with Gasteiger partial charge in [-0.15, -0.1) is 0 Å². The van der Waals surface area contributed by atoms with Crippen molar-refractivity contribution < 1.29 is 0 Å². The van der Waals surface area contributed by atoms with Crippen molar-refractivity contribution in [2.45, 2.75) is 44.9 Å². The van der Waals surface area contributed by atoms with Crippen LogP contribution in [-0.4, -0.2) is 38.1 Å². The van der Waals surface area contributed by atoms with Crippen LogP contribution in [0.5, 0.6) is 0 Å². The van der Waals surface area contributed by atoms with E-state index >= 15 is 0 Å². The maximum atomic E-state index is 3.30. The van der Waals surface area contributed by atoms with E-state index in [-0.39, 0.29) is 0 Å². The first-order chi connectivity index (χ1) is 9.27. The highest BCUT2D eigenvalue weighted by Crippen LogP contribution is 2.63. The average molecular weight is 262 g/mol. The van der Waals surface area contributed by atoms with Crippen molar-refractivity contribution in [3.63, 3.8) is 0 Å². The van der Waals surface area contributed by atoms with Gasteiger partial charge >= 0.3 is 0 Å². The summed E-state index contributed by atoms with van der Waals surface area (Å²) in [6, 6.07) is 0. The highest BCUT2D eigenvalue weighted by molar-refractivity contribution is 5.05. The Kier molecular flexibility index (Phi) is 3.15. The molecular weight excluding hydrogens is 232 g/mol. The van der Waals surface area contributed by atoms with E-state index in [1.54, 1.807) is 38.5 Å². The van der Waals surface area contributed by atoms with Gasteiger partial charge in [0.15, 0.2) is 0 Å². The fourth-order valence-corrected chi connectivity index (χ4v) is 6.48. The van der Waals surface area contributed by atoms with E-state index in [1.165, 1.54) is 26.1 Å². The van der Waals surface area contributed by atoms with Gasteiger partial charge in [0.05, 0.1) is 0 Å². The monoisotopic (exact) mass is 262 g/mol. The molecule has 1 aliphatic heterocycles. The molecule has 5 aliphatic rings. The number of likely N-dealkylation sites (N-methyl/N-ethyl adjacent to an activating group) is 1. The molecule has 2 heteroatoms. The topological polar surface area (TPSA) is 15.3 Å². The van der Waals surface area contributed by atoms with Crippen molar-refractivity contribution in [2.24, 2.45) is 29.1 Å². The molecule has 108 valence electrons. The van der Waals surface area contributed by atoms with Gasteiger partial charge in [0.25, 0.3) is 0 Å². The fraction of sp³-hybridized carbons (Fsp3) is 1.00. The minimum absolute atomic E-state index is 0.795. The number of nitrogens with zero attached hydrogens (tertiary/aromatic N) is 1. The zero-order valence-electron chi connectivity index (χ0n) is 12.5. The third-order valence-corrected chi connectivity index (χ3v) is 6.90. The zero-order chi connectivity index (χ0) is 12.9. The van der Waals surface area contributed by atoms with Gasteiger partial charge in [0.1, 0.15) is 0 Å². The van der Waals surface area contributed by atoms with Crippen LogP contribution < -0.4 is 5.32 Å². The largest absolute Gasteiger partial charge is 0.318 e. The van der Waals surface area contributed by atoms with Crippen LogP contribution in [0.2, 0.25) is 0 Å². The van der Waals surface area contributed by atoms with Crippen LogP contribution in [-0.2, 0) is 0 Å². The lowest BCUT2D eigenvalue weighted by Gasteiger charge is -2.59. The van der Waals surface area contributed by atoms with Crippen LogP contribution in [0.1, 0.15) is 44.9 Å². The van der Waals surface area contributed by atoms with Gasteiger partial charge in [-0.2, -0.15) is 0 Å². The van der Waals surface area contributed by atoms with Gasteiger partial charge in [-0.1, -0.05) is 0 Å². The molecule has 4 bridgehead atoms. The first kappa shape index (κ1) is 12.6. The van der Waals surface area contributed by atoms with Crippen LogP contribution >= 0.6 is 0 Å². The molecule has 1 unspecified atom stereocenters. The van der Waals surface area contributed by atoms with E-state index in [1.807, 2.05) is 0 Å². The van der Waals surface area contributed by atoms with Crippen molar-refractivity contribution in [2.75, 3.05) is 33.2 Å². The van der Waals surface area contributed by atoms with Crippen LogP contribution in [0.25, 0.3) is 0 Å². The lowest BCUT2D eigenvalue weighted by atomic mass is 9.46. The second-order valence-corrected chi connectivity index (χ2v) is 8.17. The van der Waals surface area contributed by atoms with E-state index in [0.717, 1.165) is 35.6 Å². The van der Waals surface area contributed by atoms with E-state index in [2.05, 4.69) is 17.3 Å². The summed E-state index contributed by atoms with van der Waals surface area (Å²) in [5.74, 6) is 4.41. The van der Waals surface area contributed by atoms with E-state index < -0.39 is 0 Å². The first-order valence-corrected chi connectivity index (χ1v) is 8.64. The van der Waals surface area contributed by atoms with Gasteiger partial charge < -0.3 is 10.2 Å². The minimum atomic E-state index is 0.795. The highest BCUT2D eigenvalue weighted by Gasteiger charge is 2.54. The number of hydrogen-bond acceptors (Lipinski definition) is 2. The molecule has 5 rings (SSSR count). The summed E-state index contributed by atoms with van der Waals surface area (Å²) in [4.78, 5) is 2.72. The highest BCUT2D eigenvalue weighted by atomic mass is 15.2. The smallest absolute Gasteiger partial charge is 0.0107 e. The third kappa shape index (κ3) is 2.15. The molecule has 0 radical (unpaired) electrons. The minimum Gasteiger partial charge on any atom is -0.318 e. The second kappa shape index (κ2) is 4.73. The Morgan fingerprint density at radius 3 is 2.26 bits per heavy atom. The number of nitrogens with one attached hydrogen (secondary N) is 1. The van der Waals surface area contributed by atoms with Crippen molar-refractivity contribution in [3.05, 3.63) is 0 Å². The summed E-state index contributed by atoms with van der Waals surface area (Å²) in [7, 11) is 2.08. The first-order valence-electron chi connectivity index (χ1n) is 8.64. The molecule has 0 aromatic carbocycles. The molecule has 1 atom stereocenters. The quantitative estimate of drug-likeness (QED) is 0.838. The Bertz CT molecular complexity index is 303. The second-order valence-electron chi connectivity index (χ2n) is 8.17. The van der Waals surface area contributed by atoms with Crippen molar-refractivity contribution >= 4 is 0 Å². The Labute approximate surface area is 118 Å². The lowest BCUT2D eigenvalue weighted by molar-refractivity contribution is -0.0844. The van der Waals surface area contributed by atoms with Gasteiger partial charge in [-0.05, 0) is 87.6 Å². The Morgan fingerprint density at radius 1 is 1.05 bits per heavy atom. The molecule has 0 aromatic heterocycles. The van der Waals surface area contributed by atoms with Gasteiger partial charge in [-0.25, -0.2) is 0 Å². The number of likely N-dealkylation sites (tertiary alicyclic amines) is 1. The molecule has 0 aromatic rings. The average Bonchev–Trinajstić information content (AvgIpc) is 2.84. The molecule has 19 heavy (non-hydrogen) atoms. The van der Waals surface area contributed by atoms with E-state index in [4.69, 9.17) is 0 Å². The standard InChI is InChI=1S/C17H30N2/c1-18-3-5-19-4-2-16(12-19)17-9-13-6-14(10-17)8-15(7-13)11-17/h13-16,18H,2-12H2,1H3. The lowest BCUT2D eigenvalue weighted by Crippen LogP contribution is -2.50. The molecule has 1 heterocycles. The molecule has 4 aliphatic carbocycles. The normalized spacial score (nSPS) is 49.1. The van der Waals surface area contributed by atoms with Crippen LogP contribution in [0.15, 0.2) is 0 Å². The zero-order valence-corrected chi connectivity index (χ0v) is 12.5.